The molecule has 8 heteroatoms. The number of aromatic nitrogens is 4. The predicted molar refractivity (Wildman–Crippen MR) is 162 cm³/mol. The molecule has 0 saturated carbocycles. The molecule has 6 rings (SSSR count). The number of nitrogens with zero attached hydrogens (tertiary/aromatic N) is 3. The normalized spacial score (nSPS) is 13.6. The molecule has 1 N–H and O–H groups in total. The number of unbranched alkanes of at least 4 members (excludes halogenated alkanes) is 1. The SMILES string of the molecule is CCCCc1nc(C)n(-c2ccc3c(c2)CC(C)(C)O3)c(=O)c1Cc1ccc(-c2ccccc2)c(-c2noc(=O)[nH]2)c1. The van der Waals surface area contributed by atoms with Crippen LogP contribution in [0.4, 0.5) is 0 Å². The lowest BCUT2D eigenvalue weighted by Crippen LogP contribution is -2.28. The number of ether oxygens (including phenoxy) is 1. The van der Waals surface area contributed by atoms with Crippen LogP contribution in [0.2, 0.25) is 0 Å². The highest BCUT2D eigenvalue weighted by Crippen LogP contribution is 2.36. The van der Waals surface area contributed by atoms with Crippen LogP contribution in [0.15, 0.2) is 80.8 Å². The van der Waals surface area contributed by atoms with Crippen LogP contribution < -0.4 is 16.1 Å². The van der Waals surface area contributed by atoms with E-state index in [2.05, 4.69) is 30.9 Å². The van der Waals surface area contributed by atoms with Gasteiger partial charge in [-0.25, -0.2) is 9.78 Å². The highest BCUT2D eigenvalue weighted by molar-refractivity contribution is 5.81. The van der Waals surface area contributed by atoms with Gasteiger partial charge >= 0.3 is 5.76 Å². The summed E-state index contributed by atoms with van der Waals surface area (Å²) in [6, 6.07) is 21.8. The molecule has 0 bridgehead atoms. The van der Waals surface area contributed by atoms with Crippen LogP contribution in [0, 0.1) is 6.92 Å². The summed E-state index contributed by atoms with van der Waals surface area (Å²) in [4.78, 5) is 33.8. The maximum atomic E-state index is 14.3. The van der Waals surface area contributed by atoms with E-state index in [0.29, 0.717) is 23.6 Å². The van der Waals surface area contributed by atoms with Crippen LogP contribution >= 0.6 is 0 Å². The van der Waals surface area contributed by atoms with Crippen molar-refractivity contribution in [2.24, 2.45) is 0 Å². The van der Waals surface area contributed by atoms with E-state index in [0.717, 1.165) is 70.6 Å². The summed E-state index contributed by atoms with van der Waals surface area (Å²) in [6.07, 6.45) is 3.82. The van der Waals surface area contributed by atoms with Gasteiger partial charge < -0.3 is 4.74 Å². The molecule has 214 valence electrons. The van der Waals surface area contributed by atoms with Crippen LogP contribution in [0.25, 0.3) is 28.2 Å². The maximum absolute atomic E-state index is 14.3. The molecule has 0 unspecified atom stereocenters. The lowest BCUT2D eigenvalue weighted by molar-refractivity contribution is 0.138. The van der Waals surface area contributed by atoms with E-state index < -0.39 is 5.76 Å². The molecule has 8 nitrogen and oxygen atoms in total. The van der Waals surface area contributed by atoms with Gasteiger partial charge in [0.15, 0.2) is 5.82 Å². The first-order valence-corrected chi connectivity index (χ1v) is 14.4. The van der Waals surface area contributed by atoms with Gasteiger partial charge in [-0.15, -0.1) is 0 Å². The van der Waals surface area contributed by atoms with Gasteiger partial charge in [-0.2, -0.15) is 0 Å². The second kappa shape index (κ2) is 10.9. The van der Waals surface area contributed by atoms with E-state index in [1.165, 1.54) is 0 Å². The lowest BCUT2D eigenvalue weighted by atomic mass is 9.94. The Bertz CT molecular complexity index is 1880. The Morgan fingerprint density at radius 2 is 1.81 bits per heavy atom. The molecule has 2 aromatic heterocycles. The average Bonchev–Trinajstić information content (AvgIpc) is 3.54. The summed E-state index contributed by atoms with van der Waals surface area (Å²) in [7, 11) is 0. The van der Waals surface area contributed by atoms with Gasteiger partial charge in [0, 0.05) is 29.5 Å². The fraction of sp³-hybridized carbons (Fsp3) is 0.294. The number of aryl methyl sites for hydroxylation is 2. The minimum absolute atomic E-state index is 0.0738. The zero-order chi connectivity index (χ0) is 29.4. The Labute approximate surface area is 244 Å². The molecule has 3 heterocycles. The third-order valence-corrected chi connectivity index (χ3v) is 7.75. The molecule has 42 heavy (non-hydrogen) atoms. The molecule has 0 amide bonds. The van der Waals surface area contributed by atoms with Gasteiger partial charge in [0.25, 0.3) is 5.56 Å². The van der Waals surface area contributed by atoms with E-state index in [9.17, 15) is 9.59 Å². The van der Waals surface area contributed by atoms with Crippen molar-refractivity contribution in [2.75, 3.05) is 0 Å². The van der Waals surface area contributed by atoms with Crippen LogP contribution in [0.1, 0.15) is 61.8 Å². The standard InChI is InChI=1S/C34H34N4O4/c1-5-6-12-29-28(32(39)38(21(2)35-29)25-14-16-30-24(19-25)20-34(3,4)41-30)18-22-13-15-26(23-10-8-7-9-11-23)27(17-22)31-36-33(40)42-37-31/h7-11,13-17,19H,5-6,12,18,20H2,1-4H3,(H,36,37,40). The van der Waals surface area contributed by atoms with Crippen molar-refractivity contribution in [2.45, 2.75) is 65.4 Å². The molecular formula is C34H34N4O4. The van der Waals surface area contributed by atoms with E-state index in [-0.39, 0.29) is 11.2 Å². The second-order valence-electron chi connectivity index (χ2n) is 11.5. The molecule has 0 saturated heterocycles. The number of rotatable bonds is 8. The molecule has 0 radical (unpaired) electrons. The predicted octanol–water partition coefficient (Wildman–Crippen LogP) is 6.20. The number of hydrogen-bond acceptors (Lipinski definition) is 6. The van der Waals surface area contributed by atoms with Gasteiger partial charge in [0.2, 0.25) is 0 Å². The van der Waals surface area contributed by atoms with E-state index in [4.69, 9.17) is 14.2 Å². The summed E-state index contributed by atoms with van der Waals surface area (Å²) >= 11 is 0. The number of H-pyrrole nitrogens is 1. The lowest BCUT2D eigenvalue weighted by Gasteiger charge is -2.17. The molecule has 0 fully saturated rings. The van der Waals surface area contributed by atoms with Crippen LogP contribution in [-0.2, 0) is 19.3 Å². The number of fused-ring (bicyclic) bond motifs is 1. The molecule has 3 aromatic carbocycles. The molecule has 1 aliphatic heterocycles. The van der Waals surface area contributed by atoms with Gasteiger partial charge in [-0.1, -0.05) is 61.0 Å². The quantitative estimate of drug-likeness (QED) is 0.242. The molecular weight excluding hydrogens is 528 g/mol. The first kappa shape index (κ1) is 27.4. The van der Waals surface area contributed by atoms with E-state index in [1.807, 2.05) is 73.7 Å². The molecule has 0 atom stereocenters. The van der Waals surface area contributed by atoms with Crippen LogP contribution in [0.5, 0.6) is 5.75 Å². The van der Waals surface area contributed by atoms with Crippen LogP contribution in [0.3, 0.4) is 0 Å². The first-order valence-electron chi connectivity index (χ1n) is 14.4. The van der Waals surface area contributed by atoms with Crippen molar-refractivity contribution in [3.63, 3.8) is 0 Å². The van der Waals surface area contributed by atoms with Crippen molar-refractivity contribution >= 4 is 0 Å². The van der Waals surface area contributed by atoms with E-state index >= 15 is 0 Å². The van der Waals surface area contributed by atoms with Gasteiger partial charge in [0.05, 0.1) is 11.4 Å². The minimum Gasteiger partial charge on any atom is -0.487 e. The summed E-state index contributed by atoms with van der Waals surface area (Å²) < 4.78 is 12.6. The zero-order valence-electron chi connectivity index (χ0n) is 24.4. The Balaban J connectivity index is 1.46. The fourth-order valence-corrected chi connectivity index (χ4v) is 5.80. The maximum Gasteiger partial charge on any atom is 0.439 e. The second-order valence-corrected chi connectivity index (χ2v) is 11.5. The molecule has 0 spiro atoms. The Kier molecular flexibility index (Phi) is 7.14. The van der Waals surface area contributed by atoms with Crippen molar-refractivity contribution in [1.82, 2.24) is 19.7 Å². The van der Waals surface area contributed by atoms with Gasteiger partial charge in [0.1, 0.15) is 17.2 Å². The molecule has 5 aromatic rings. The van der Waals surface area contributed by atoms with Crippen molar-refractivity contribution in [3.05, 3.63) is 116 Å². The third kappa shape index (κ3) is 5.32. The zero-order valence-corrected chi connectivity index (χ0v) is 24.4. The monoisotopic (exact) mass is 562 g/mol. The molecule has 0 aliphatic carbocycles. The highest BCUT2D eigenvalue weighted by atomic mass is 16.5. The summed E-state index contributed by atoms with van der Waals surface area (Å²) in [5.74, 6) is 1.24. The minimum atomic E-state index is -0.620. The number of nitrogens with one attached hydrogen (secondary N) is 1. The Morgan fingerprint density at radius 3 is 2.55 bits per heavy atom. The Morgan fingerprint density at radius 1 is 1.00 bits per heavy atom. The summed E-state index contributed by atoms with van der Waals surface area (Å²) in [6.45, 7) is 8.16. The Hall–Kier alpha value is -4.72. The smallest absolute Gasteiger partial charge is 0.439 e. The van der Waals surface area contributed by atoms with E-state index in [1.54, 1.807) is 4.57 Å². The number of aromatic amines is 1. The average molecular weight is 563 g/mol. The summed E-state index contributed by atoms with van der Waals surface area (Å²) in [5, 5.41) is 3.97. The number of hydrogen-bond donors (Lipinski definition) is 1. The van der Waals surface area contributed by atoms with Crippen LogP contribution in [-0.4, -0.2) is 25.3 Å². The first-order chi connectivity index (χ1) is 20.2. The third-order valence-electron chi connectivity index (χ3n) is 7.75. The van der Waals surface area contributed by atoms with Gasteiger partial charge in [-0.3, -0.25) is 18.9 Å². The van der Waals surface area contributed by atoms with Crippen molar-refractivity contribution < 1.29 is 9.26 Å². The fourth-order valence-electron chi connectivity index (χ4n) is 5.80. The van der Waals surface area contributed by atoms with Gasteiger partial charge in [-0.05, 0) is 74.6 Å². The van der Waals surface area contributed by atoms with Crippen molar-refractivity contribution in [1.29, 1.82) is 0 Å². The number of benzene rings is 3. The highest BCUT2D eigenvalue weighted by Gasteiger charge is 2.30. The van der Waals surface area contributed by atoms with Crippen molar-refractivity contribution in [3.8, 4) is 34.0 Å². The summed E-state index contributed by atoms with van der Waals surface area (Å²) in [5.41, 5.74) is 6.53. The topological polar surface area (TPSA) is 103 Å². The molecule has 1 aliphatic rings. The largest absolute Gasteiger partial charge is 0.487 e.